The summed E-state index contributed by atoms with van der Waals surface area (Å²) in [6.07, 6.45) is -5.46. The molecule has 0 saturated carbocycles. The number of hydrogen-bond donors (Lipinski definition) is 0. The van der Waals surface area contributed by atoms with Gasteiger partial charge in [0, 0.05) is 0 Å². The molecule has 0 N–H and O–H groups in total. The number of hydrogen-bond acceptors (Lipinski definition) is 1. The maximum absolute atomic E-state index is 11.7. The van der Waals surface area contributed by atoms with Crippen molar-refractivity contribution in [3.8, 4) is 0 Å². The van der Waals surface area contributed by atoms with E-state index in [1.807, 2.05) is 0 Å². The Morgan fingerprint density at radius 2 is 1.50 bits per heavy atom. The van der Waals surface area contributed by atoms with Gasteiger partial charge in [-0.05, 0) is 12.7 Å². The van der Waals surface area contributed by atoms with E-state index < -0.39 is 28.9 Å². The third-order valence-electron chi connectivity index (χ3n) is 0.613. The lowest BCUT2D eigenvalue weighted by Gasteiger charge is -2.17. The lowest BCUT2D eigenvalue weighted by molar-refractivity contribution is -0.237. The molecule has 0 amide bonds. The third kappa shape index (κ3) is 2.32. The molecule has 0 aliphatic rings. The zero-order valence-corrected chi connectivity index (χ0v) is 5.53. The molecule has 0 aromatic rings. The van der Waals surface area contributed by atoms with Crippen LogP contribution in [0.1, 0.15) is 0 Å². The van der Waals surface area contributed by atoms with Crippen LogP contribution < -0.4 is 0 Å². The molecule has 0 fully saturated rings. The van der Waals surface area contributed by atoms with Crippen LogP contribution >= 0.6 is 11.8 Å². The molecule has 0 saturated heterocycles. The maximum Gasteiger partial charge on any atom is 0.464 e. The van der Waals surface area contributed by atoms with Crippen LogP contribution in [0.3, 0.4) is 0 Å². The zero-order valence-electron chi connectivity index (χ0n) is 4.71. The van der Waals surface area contributed by atoms with Crippen molar-refractivity contribution in [1.82, 2.24) is 0 Å². The first-order valence-electron chi connectivity index (χ1n) is 2.19. The second-order valence-electron chi connectivity index (χ2n) is 1.36. The predicted molar refractivity (Wildman–Crippen MR) is 28.8 cm³/mol. The lowest BCUT2D eigenvalue weighted by Crippen LogP contribution is -2.32. The molecule has 0 aromatic carbocycles. The fraction of sp³-hybridized carbons (Fsp3) is 0.750. The minimum Gasteiger partial charge on any atom is -0.184 e. The molecule has 1 radical (unpaired) electrons. The molecule has 0 unspecified atom stereocenters. The molecule has 0 rings (SSSR count). The highest BCUT2D eigenvalue weighted by molar-refractivity contribution is 8.00. The van der Waals surface area contributed by atoms with Gasteiger partial charge in [-0.15, -0.1) is 0 Å². The van der Waals surface area contributed by atoms with Crippen LogP contribution in [0, 0.1) is 6.92 Å². The molecule has 0 spiro atoms. The Morgan fingerprint density at radius 3 is 1.60 bits per heavy atom. The van der Waals surface area contributed by atoms with Gasteiger partial charge in [0.2, 0.25) is 0 Å². The monoisotopic (exact) mass is 179 g/mol. The van der Waals surface area contributed by atoms with Crippen molar-refractivity contribution >= 4 is 11.8 Å². The normalized spacial score (nSPS) is 13.8. The smallest absolute Gasteiger partial charge is 0.184 e. The SMILES string of the molecule is [CH2]CSC(F)(F)C(F)(F)F. The van der Waals surface area contributed by atoms with Gasteiger partial charge in [0.1, 0.15) is 0 Å². The summed E-state index contributed by atoms with van der Waals surface area (Å²) in [5.74, 6) is -0.507. The first-order chi connectivity index (χ1) is 4.31. The maximum atomic E-state index is 11.7. The lowest BCUT2D eigenvalue weighted by atomic mass is 10.7. The van der Waals surface area contributed by atoms with Crippen LogP contribution in [0.15, 0.2) is 0 Å². The summed E-state index contributed by atoms with van der Waals surface area (Å²) >= 11 is -0.529. The molecule has 0 aromatic heterocycles. The van der Waals surface area contributed by atoms with E-state index in [4.69, 9.17) is 0 Å². The van der Waals surface area contributed by atoms with Crippen molar-refractivity contribution in [3.63, 3.8) is 0 Å². The Morgan fingerprint density at radius 1 is 1.10 bits per heavy atom. The summed E-state index contributed by atoms with van der Waals surface area (Å²) in [5, 5.41) is -4.66. The van der Waals surface area contributed by atoms with Crippen molar-refractivity contribution in [2.75, 3.05) is 5.75 Å². The van der Waals surface area contributed by atoms with Gasteiger partial charge in [0.05, 0.1) is 0 Å². The van der Waals surface area contributed by atoms with Gasteiger partial charge in [-0.3, -0.25) is 0 Å². The van der Waals surface area contributed by atoms with Gasteiger partial charge < -0.3 is 0 Å². The average molecular weight is 179 g/mol. The van der Waals surface area contributed by atoms with Gasteiger partial charge in [-0.25, -0.2) is 0 Å². The van der Waals surface area contributed by atoms with Gasteiger partial charge in [-0.1, -0.05) is 11.8 Å². The van der Waals surface area contributed by atoms with Gasteiger partial charge in [0.15, 0.2) is 0 Å². The second kappa shape index (κ2) is 2.94. The van der Waals surface area contributed by atoms with Crippen molar-refractivity contribution < 1.29 is 22.0 Å². The summed E-state index contributed by atoms with van der Waals surface area (Å²) in [6.45, 7) is 2.87. The molecular weight excluding hydrogens is 175 g/mol. The summed E-state index contributed by atoms with van der Waals surface area (Å²) in [5.41, 5.74) is 0. The van der Waals surface area contributed by atoms with Crippen LogP contribution in [0.5, 0.6) is 0 Å². The molecule has 0 atom stereocenters. The fourth-order valence-corrected chi connectivity index (χ4v) is 0.630. The average Bonchev–Trinajstić information content (AvgIpc) is 1.61. The van der Waals surface area contributed by atoms with Crippen LogP contribution in [-0.2, 0) is 0 Å². The highest BCUT2D eigenvalue weighted by Gasteiger charge is 2.57. The summed E-state index contributed by atoms with van der Waals surface area (Å²) in [4.78, 5) is 0. The number of rotatable bonds is 2. The minimum absolute atomic E-state index is 0.507. The quantitative estimate of drug-likeness (QED) is 0.587. The van der Waals surface area contributed by atoms with Crippen molar-refractivity contribution in [2.24, 2.45) is 0 Å². The number of halogens is 5. The third-order valence-corrected chi connectivity index (χ3v) is 1.41. The number of thioether (sulfide) groups is 1. The fourth-order valence-electron chi connectivity index (χ4n) is 0.210. The van der Waals surface area contributed by atoms with E-state index in [-0.39, 0.29) is 0 Å². The minimum atomic E-state index is -5.46. The van der Waals surface area contributed by atoms with E-state index in [1.54, 1.807) is 0 Å². The summed E-state index contributed by atoms with van der Waals surface area (Å²) in [6, 6.07) is 0. The Kier molecular flexibility index (Phi) is 2.94. The molecule has 0 aliphatic carbocycles. The zero-order chi connectivity index (χ0) is 8.41. The van der Waals surface area contributed by atoms with Crippen LogP contribution in [-0.4, -0.2) is 17.2 Å². The van der Waals surface area contributed by atoms with Crippen molar-refractivity contribution in [3.05, 3.63) is 6.92 Å². The molecule has 6 heteroatoms. The topological polar surface area (TPSA) is 0 Å². The van der Waals surface area contributed by atoms with Gasteiger partial charge >= 0.3 is 11.4 Å². The van der Waals surface area contributed by atoms with Gasteiger partial charge in [-0.2, -0.15) is 22.0 Å². The van der Waals surface area contributed by atoms with Crippen LogP contribution in [0.2, 0.25) is 0 Å². The van der Waals surface area contributed by atoms with Crippen LogP contribution in [0.25, 0.3) is 0 Å². The standard InChI is InChI=1S/C4H4F5S/c1-2-10-4(8,9)3(5,6)7/h1-2H2. The molecule has 61 valence electrons. The first kappa shape index (κ1) is 10.0. The Balaban J connectivity index is 4.10. The predicted octanol–water partition coefficient (Wildman–Crippen LogP) is 2.71. The molecule has 0 bridgehead atoms. The van der Waals surface area contributed by atoms with Crippen molar-refractivity contribution in [2.45, 2.75) is 11.4 Å². The Bertz CT molecular complexity index is 107. The van der Waals surface area contributed by atoms with E-state index in [9.17, 15) is 22.0 Å². The van der Waals surface area contributed by atoms with E-state index >= 15 is 0 Å². The summed E-state index contributed by atoms with van der Waals surface area (Å²) < 4.78 is 57.1. The highest BCUT2D eigenvalue weighted by Crippen LogP contribution is 2.43. The Labute approximate surface area is 58.8 Å². The number of alkyl halides is 5. The van der Waals surface area contributed by atoms with Crippen molar-refractivity contribution in [1.29, 1.82) is 0 Å². The van der Waals surface area contributed by atoms with Crippen LogP contribution in [0.4, 0.5) is 22.0 Å². The Hall–Kier alpha value is -0.0000000000000000555. The largest absolute Gasteiger partial charge is 0.464 e. The van der Waals surface area contributed by atoms with E-state index in [0.717, 1.165) is 0 Å². The first-order valence-corrected chi connectivity index (χ1v) is 3.17. The molecular formula is C4H4F5S. The summed E-state index contributed by atoms with van der Waals surface area (Å²) in [7, 11) is 0. The van der Waals surface area contributed by atoms with E-state index in [2.05, 4.69) is 6.92 Å². The molecule has 0 aliphatic heterocycles. The second-order valence-corrected chi connectivity index (χ2v) is 2.57. The van der Waals surface area contributed by atoms with Gasteiger partial charge in [0.25, 0.3) is 0 Å². The molecule has 0 heterocycles. The highest BCUT2D eigenvalue weighted by atomic mass is 32.2. The molecule has 10 heavy (non-hydrogen) atoms. The molecule has 0 nitrogen and oxygen atoms in total. The van der Waals surface area contributed by atoms with E-state index in [0.29, 0.717) is 0 Å². The van der Waals surface area contributed by atoms with E-state index in [1.165, 1.54) is 0 Å².